The van der Waals surface area contributed by atoms with E-state index in [0.717, 1.165) is 38.5 Å². The molecule has 0 spiro atoms. The molecular formula is C30H51FeN3O6. The zero-order valence-electron chi connectivity index (χ0n) is 24.5. The summed E-state index contributed by atoms with van der Waals surface area (Å²) in [4.78, 5) is 31.9. The van der Waals surface area contributed by atoms with Gasteiger partial charge in [0.1, 0.15) is 0 Å². The van der Waals surface area contributed by atoms with Gasteiger partial charge in [0.05, 0.1) is 0 Å². The minimum Gasteiger partial charge on any atom is -0.495 e. The number of carbonyl (C=O) groups is 3. The molecule has 3 rings (SSSR count). The summed E-state index contributed by atoms with van der Waals surface area (Å²) in [7, 11) is 0. The maximum absolute atomic E-state index is 10.6. The summed E-state index contributed by atoms with van der Waals surface area (Å²) in [5.74, 6) is -0.333. The van der Waals surface area contributed by atoms with Gasteiger partial charge in [-0.05, 0) is 59.3 Å². The van der Waals surface area contributed by atoms with E-state index in [0.29, 0.717) is 18.1 Å². The summed E-state index contributed by atoms with van der Waals surface area (Å²) in [6, 6.07) is 1.05. The summed E-state index contributed by atoms with van der Waals surface area (Å²) < 4.78 is 0. The fraction of sp³-hybridized carbons (Fsp3) is 0.700. The number of carbonyl (C=O) groups excluding carboxylic acids is 3. The molecular weight excluding hydrogens is 554 g/mol. The van der Waals surface area contributed by atoms with E-state index in [-0.39, 0.29) is 52.1 Å². The summed E-state index contributed by atoms with van der Waals surface area (Å²) >= 11 is 0. The van der Waals surface area contributed by atoms with Gasteiger partial charge in [0.25, 0.3) is 0 Å². The molecule has 9 nitrogen and oxygen atoms in total. The Hall–Kier alpha value is -2.45. The number of aliphatic hydroxyl groups excluding tert-OH is 3. The second-order valence-electron chi connectivity index (χ2n) is 10.9. The monoisotopic (exact) mass is 605 g/mol. The third-order valence-corrected chi connectivity index (χ3v) is 6.89. The van der Waals surface area contributed by atoms with E-state index in [1.54, 1.807) is 0 Å². The Bertz CT molecular complexity index is 731. The Labute approximate surface area is 250 Å². The molecule has 0 bridgehead atoms. The normalized spacial score (nSPS) is 19.4. The van der Waals surface area contributed by atoms with Gasteiger partial charge in [-0.2, -0.15) is 0 Å². The molecule has 3 fully saturated rings. The van der Waals surface area contributed by atoms with Gasteiger partial charge < -0.3 is 31.3 Å². The number of hydrogen-bond donors (Lipinski definition) is 6. The van der Waals surface area contributed by atoms with Crippen LogP contribution in [0.3, 0.4) is 0 Å². The van der Waals surface area contributed by atoms with Crippen molar-refractivity contribution in [3.8, 4) is 0 Å². The van der Waals surface area contributed by atoms with E-state index in [2.05, 4.69) is 16.0 Å². The molecule has 0 aliphatic heterocycles. The zero-order valence-corrected chi connectivity index (χ0v) is 25.6. The number of rotatable bonds is 9. The fourth-order valence-corrected chi connectivity index (χ4v) is 5.07. The Kier molecular flexibility index (Phi) is 20.9. The molecule has 0 unspecified atom stereocenters. The molecule has 0 atom stereocenters. The van der Waals surface area contributed by atoms with E-state index in [4.69, 9.17) is 0 Å². The maximum atomic E-state index is 10.6. The fourth-order valence-electron chi connectivity index (χ4n) is 5.07. The van der Waals surface area contributed by atoms with Crippen molar-refractivity contribution in [3.63, 3.8) is 0 Å². The summed E-state index contributed by atoms with van der Waals surface area (Å²) in [6.45, 7) is 4.29. The van der Waals surface area contributed by atoms with Crippen molar-refractivity contribution < 1.29 is 46.8 Å². The van der Waals surface area contributed by atoms with Gasteiger partial charge in [-0.15, -0.1) is 0 Å². The van der Waals surface area contributed by atoms with Crippen molar-refractivity contribution in [3.05, 3.63) is 35.9 Å². The van der Waals surface area contributed by atoms with Gasteiger partial charge in [0.15, 0.2) is 35.0 Å². The average molecular weight is 606 g/mol. The predicted octanol–water partition coefficient (Wildman–Crippen LogP) is 5.69. The third-order valence-electron chi connectivity index (χ3n) is 6.89. The average Bonchev–Trinajstić information content (AvgIpc) is 2.85. The Balaban J connectivity index is 0.000000563. The van der Waals surface area contributed by atoms with Crippen LogP contribution in [0.15, 0.2) is 35.9 Å². The molecule has 0 amide bonds. The first-order chi connectivity index (χ1) is 18.5. The number of hydrogen-bond acceptors (Lipinski definition) is 9. The van der Waals surface area contributed by atoms with Crippen molar-refractivity contribution in [1.29, 1.82) is 0 Å². The van der Waals surface area contributed by atoms with Crippen LogP contribution >= 0.6 is 0 Å². The molecule has 0 aromatic carbocycles. The van der Waals surface area contributed by atoms with Crippen LogP contribution in [-0.2, 0) is 31.5 Å². The van der Waals surface area contributed by atoms with Crippen LogP contribution in [0.25, 0.3) is 0 Å². The topological polar surface area (TPSA) is 148 Å². The van der Waals surface area contributed by atoms with E-state index in [1.165, 1.54) is 96.8 Å². The van der Waals surface area contributed by atoms with Crippen LogP contribution in [0.2, 0.25) is 0 Å². The second-order valence-corrected chi connectivity index (χ2v) is 10.9. The van der Waals surface area contributed by atoms with Crippen LogP contribution in [0, 0.1) is 0 Å². The van der Waals surface area contributed by atoms with Crippen molar-refractivity contribution >= 4 is 17.3 Å². The molecule has 3 saturated carbocycles. The number of allylic oxidation sites excluding steroid dienone is 3. The molecule has 230 valence electrons. The second kappa shape index (κ2) is 22.3. The first-order valence-corrected chi connectivity index (χ1v) is 14.6. The molecule has 10 heteroatoms. The van der Waals surface area contributed by atoms with E-state index in [1.807, 2.05) is 0 Å². The van der Waals surface area contributed by atoms with Crippen LogP contribution in [0.5, 0.6) is 0 Å². The molecule has 3 aliphatic rings. The third kappa shape index (κ3) is 20.5. The van der Waals surface area contributed by atoms with E-state index < -0.39 is 0 Å². The number of ketones is 3. The summed E-state index contributed by atoms with van der Waals surface area (Å²) in [5, 5.41) is 36.7. The smallest absolute Gasteiger partial charge is 0.187 e. The molecule has 3 aliphatic carbocycles. The van der Waals surface area contributed by atoms with Gasteiger partial charge in [0, 0.05) is 53.4 Å². The maximum Gasteiger partial charge on any atom is 0.187 e. The van der Waals surface area contributed by atoms with Crippen LogP contribution < -0.4 is 16.0 Å². The van der Waals surface area contributed by atoms with Crippen molar-refractivity contribution in [2.75, 3.05) is 0 Å². The predicted molar refractivity (Wildman–Crippen MR) is 154 cm³/mol. The zero-order chi connectivity index (χ0) is 29.0. The first-order valence-electron chi connectivity index (χ1n) is 14.6. The first kappa shape index (κ1) is 37.5. The minimum atomic E-state index is -0.124. The standard InChI is InChI=1S/3C10H17NO2.Fe/c3*1-8(12)7-10(13)11-9-5-3-2-4-6-9;/h3*7,9,11,13H,2-6H2,1H3;. The Morgan fingerprint density at radius 3 is 0.850 bits per heavy atom. The largest absolute Gasteiger partial charge is 0.495 e. The number of nitrogens with one attached hydrogen (secondary N) is 3. The molecule has 0 aromatic heterocycles. The number of aliphatic hydroxyl groups is 3. The van der Waals surface area contributed by atoms with E-state index >= 15 is 0 Å². The van der Waals surface area contributed by atoms with Crippen LogP contribution in [0.4, 0.5) is 0 Å². The Morgan fingerprint density at radius 2 is 0.675 bits per heavy atom. The molecule has 0 aromatic rings. The van der Waals surface area contributed by atoms with Gasteiger partial charge in [-0.3, -0.25) is 14.4 Å². The van der Waals surface area contributed by atoms with Gasteiger partial charge >= 0.3 is 0 Å². The van der Waals surface area contributed by atoms with Gasteiger partial charge in [-0.25, -0.2) is 0 Å². The molecule has 40 heavy (non-hydrogen) atoms. The quantitative estimate of drug-likeness (QED) is 0.111. The minimum absolute atomic E-state index is 0. The molecule has 6 N–H and O–H groups in total. The summed E-state index contributed by atoms with van der Waals surface area (Å²) in [5.41, 5.74) is 0. The molecule has 0 heterocycles. The van der Waals surface area contributed by atoms with Gasteiger partial charge in [-0.1, -0.05) is 57.8 Å². The van der Waals surface area contributed by atoms with Gasteiger partial charge in [0.2, 0.25) is 0 Å². The van der Waals surface area contributed by atoms with E-state index in [9.17, 15) is 29.7 Å². The SMILES string of the molecule is CC(=O)C=C(O)NC1CCCCC1.CC(=O)C=C(O)NC1CCCCC1.CC(=O)C=C(O)NC1CCCCC1.[Fe]. The molecule has 0 saturated heterocycles. The van der Waals surface area contributed by atoms with Crippen molar-refractivity contribution in [2.24, 2.45) is 0 Å². The van der Waals surface area contributed by atoms with Crippen LogP contribution in [0.1, 0.15) is 117 Å². The molecule has 0 radical (unpaired) electrons. The van der Waals surface area contributed by atoms with Crippen molar-refractivity contribution in [1.82, 2.24) is 16.0 Å². The summed E-state index contributed by atoms with van der Waals surface area (Å²) in [6.07, 6.45) is 21.4. The Morgan fingerprint density at radius 1 is 0.475 bits per heavy atom. The van der Waals surface area contributed by atoms with Crippen LogP contribution in [-0.4, -0.2) is 50.8 Å². The van der Waals surface area contributed by atoms with Crippen molar-refractivity contribution in [2.45, 2.75) is 135 Å².